The van der Waals surface area contributed by atoms with Crippen LogP contribution in [0.2, 0.25) is 0 Å². The van der Waals surface area contributed by atoms with Crippen LogP contribution in [0, 0.1) is 17.7 Å². The Morgan fingerprint density at radius 2 is 2.13 bits per heavy atom. The maximum absolute atomic E-state index is 12.7. The highest BCUT2D eigenvalue weighted by Gasteiger charge is 2.09. The second-order valence-electron chi connectivity index (χ2n) is 2.48. The molecule has 80 valence electrons. The molecular weight excluding hydrogens is 225 g/mol. The van der Waals surface area contributed by atoms with Gasteiger partial charge in [-0.15, -0.1) is 0 Å². The molecule has 1 rings (SSSR count). The standard InChI is InChI=1S/C10H7F3OS/c11-8-4-3-7(2-1-5-15)9(6-8)14-10(12)13/h3-4,6,10,15H,5H2. The van der Waals surface area contributed by atoms with Crippen molar-refractivity contribution in [1.82, 2.24) is 0 Å². The van der Waals surface area contributed by atoms with Crippen molar-refractivity contribution >= 4 is 12.6 Å². The van der Waals surface area contributed by atoms with Gasteiger partial charge in [-0.1, -0.05) is 11.8 Å². The van der Waals surface area contributed by atoms with Gasteiger partial charge in [0.25, 0.3) is 0 Å². The molecule has 0 heterocycles. The van der Waals surface area contributed by atoms with E-state index in [0.29, 0.717) is 0 Å². The monoisotopic (exact) mass is 232 g/mol. The second kappa shape index (κ2) is 5.56. The predicted octanol–water partition coefficient (Wildman–Crippen LogP) is 2.71. The first-order valence-corrected chi connectivity index (χ1v) is 4.61. The van der Waals surface area contributed by atoms with Crippen LogP contribution in [0.4, 0.5) is 13.2 Å². The minimum Gasteiger partial charge on any atom is -0.433 e. The number of alkyl halides is 2. The van der Waals surface area contributed by atoms with Gasteiger partial charge in [0.1, 0.15) is 11.6 Å². The molecule has 0 aliphatic rings. The van der Waals surface area contributed by atoms with Crippen molar-refractivity contribution in [2.24, 2.45) is 0 Å². The molecule has 5 heteroatoms. The van der Waals surface area contributed by atoms with Crippen LogP contribution in [0.25, 0.3) is 0 Å². The molecule has 0 aliphatic heterocycles. The van der Waals surface area contributed by atoms with Gasteiger partial charge >= 0.3 is 6.61 Å². The zero-order valence-electron chi connectivity index (χ0n) is 7.51. The van der Waals surface area contributed by atoms with Crippen molar-refractivity contribution in [1.29, 1.82) is 0 Å². The Morgan fingerprint density at radius 1 is 1.40 bits per heavy atom. The summed E-state index contributed by atoms with van der Waals surface area (Å²) in [4.78, 5) is 0. The Balaban J connectivity index is 3.03. The molecule has 1 aromatic rings. The molecule has 0 aromatic heterocycles. The molecule has 0 saturated heterocycles. The summed E-state index contributed by atoms with van der Waals surface area (Å²) in [5.74, 6) is 4.48. The van der Waals surface area contributed by atoms with E-state index in [1.807, 2.05) is 0 Å². The molecule has 0 saturated carbocycles. The van der Waals surface area contributed by atoms with Crippen molar-refractivity contribution in [2.45, 2.75) is 6.61 Å². The van der Waals surface area contributed by atoms with Crippen LogP contribution in [0.5, 0.6) is 5.75 Å². The molecule has 0 fully saturated rings. The van der Waals surface area contributed by atoms with Gasteiger partial charge in [0.2, 0.25) is 0 Å². The molecule has 0 spiro atoms. The van der Waals surface area contributed by atoms with Crippen LogP contribution in [0.1, 0.15) is 5.56 Å². The van der Waals surface area contributed by atoms with Gasteiger partial charge in [0.05, 0.1) is 11.3 Å². The normalized spacial score (nSPS) is 9.67. The Labute approximate surface area is 90.7 Å². The van der Waals surface area contributed by atoms with E-state index in [0.717, 1.165) is 12.1 Å². The fourth-order valence-electron chi connectivity index (χ4n) is 0.928. The van der Waals surface area contributed by atoms with Crippen LogP contribution < -0.4 is 4.74 Å². The van der Waals surface area contributed by atoms with Crippen LogP contribution in [-0.4, -0.2) is 12.4 Å². The summed E-state index contributed by atoms with van der Waals surface area (Å²) in [6.07, 6.45) is 0. The Kier molecular flexibility index (Phi) is 4.37. The summed E-state index contributed by atoms with van der Waals surface area (Å²) in [5, 5.41) is 0. The molecule has 0 amide bonds. The molecule has 0 atom stereocenters. The third-order valence-electron chi connectivity index (χ3n) is 1.46. The first-order valence-electron chi connectivity index (χ1n) is 3.97. The third-order valence-corrected chi connectivity index (χ3v) is 1.62. The lowest BCUT2D eigenvalue weighted by Gasteiger charge is -2.06. The fourth-order valence-corrected chi connectivity index (χ4v) is 1.01. The third kappa shape index (κ3) is 3.76. The molecule has 1 nitrogen and oxygen atoms in total. The van der Waals surface area contributed by atoms with Gasteiger partial charge in [-0.2, -0.15) is 21.4 Å². The lowest BCUT2D eigenvalue weighted by Crippen LogP contribution is -2.03. The van der Waals surface area contributed by atoms with E-state index in [4.69, 9.17) is 0 Å². The van der Waals surface area contributed by atoms with Crippen molar-refractivity contribution < 1.29 is 17.9 Å². The SMILES string of the molecule is Fc1ccc(C#CCS)c(OC(F)F)c1. The quantitative estimate of drug-likeness (QED) is 0.609. The second-order valence-corrected chi connectivity index (χ2v) is 2.80. The van der Waals surface area contributed by atoms with E-state index in [1.165, 1.54) is 6.07 Å². The van der Waals surface area contributed by atoms with E-state index in [9.17, 15) is 13.2 Å². The highest BCUT2D eigenvalue weighted by molar-refractivity contribution is 7.80. The van der Waals surface area contributed by atoms with Gasteiger partial charge in [-0.05, 0) is 12.1 Å². The number of thiol groups is 1. The number of hydrogen-bond donors (Lipinski definition) is 1. The van der Waals surface area contributed by atoms with Gasteiger partial charge in [-0.25, -0.2) is 4.39 Å². The molecule has 0 radical (unpaired) electrons. The van der Waals surface area contributed by atoms with E-state index in [2.05, 4.69) is 29.2 Å². The minimum atomic E-state index is -3.00. The largest absolute Gasteiger partial charge is 0.433 e. The summed E-state index contributed by atoms with van der Waals surface area (Å²) >= 11 is 3.84. The highest BCUT2D eigenvalue weighted by Crippen LogP contribution is 2.21. The zero-order chi connectivity index (χ0) is 11.3. The number of benzene rings is 1. The van der Waals surface area contributed by atoms with Gasteiger partial charge in [-0.3, -0.25) is 0 Å². The summed E-state index contributed by atoms with van der Waals surface area (Å²) in [6, 6.07) is 3.28. The van der Waals surface area contributed by atoms with Crippen LogP contribution in [0.3, 0.4) is 0 Å². The van der Waals surface area contributed by atoms with Gasteiger partial charge < -0.3 is 4.74 Å². The van der Waals surface area contributed by atoms with E-state index in [-0.39, 0.29) is 17.1 Å². The summed E-state index contributed by atoms with van der Waals surface area (Å²) < 4.78 is 40.7. The van der Waals surface area contributed by atoms with Crippen LogP contribution >= 0.6 is 12.6 Å². The number of halogens is 3. The maximum atomic E-state index is 12.7. The Bertz CT molecular complexity index is 395. The van der Waals surface area contributed by atoms with Gasteiger partial charge in [0, 0.05) is 6.07 Å². The lowest BCUT2D eigenvalue weighted by atomic mass is 10.2. The summed E-state index contributed by atoms with van der Waals surface area (Å²) in [6.45, 7) is -3.00. The number of ether oxygens (including phenoxy) is 1. The summed E-state index contributed by atoms with van der Waals surface area (Å²) in [5.41, 5.74) is 0.214. The zero-order valence-corrected chi connectivity index (χ0v) is 8.40. The summed E-state index contributed by atoms with van der Waals surface area (Å²) in [7, 11) is 0. The molecule has 0 aliphatic carbocycles. The minimum absolute atomic E-state index is 0.214. The molecule has 0 unspecified atom stereocenters. The average molecular weight is 232 g/mol. The fraction of sp³-hybridized carbons (Fsp3) is 0.200. The predicted molar refractivity (Wildman–Crippen MR) is 53.8 cm³/mol. The lowest BCUT2D eigenvalue weighted by molar-refractivity contribution is -0.0501. The Hall–Kier alpha value is -1.28. The molecular formula is C10H7F3OS. The van der Waals surface area contributed by atoms with E-state index in [1.54, 1.807) is 0 Å². The van der Waals surface area contributed by atoms with E-state index < -0.39 is 12.4 Å². The molecule has 0 N–H and O–H groups in total. The highest BCUT2D eigenvalue weighted by atomic mass is 32.1. The van der Waals surface area contributed by atoms with Crippen molar-refractivity contribution in [3.63, 3.8) is 0 Å². The first kappa shape index (κ1) is 11.8. The van der Waals surface area contributed by atoms with Crippen molar-refractivity contribution in [2.75, 3.05) is 5.75 Å². The molecule has 15 heavy (non-hydrogen) atoms. The average Bonchev–Trinajstić information content (AvgIpc) is 2.16. The van der Waals surface area contributed by atoms with Crippen molar-refractivity contribution in [3.8, 4) is 17.6 Å². The van der Waals surface area contributed by atoms with Crippen LogP contribution in [-0.2, 0) is 0 Å². The molecule has 0 bridgehead atoms. The van der Waals surface area contributed by atoms with E-state index >= 15 is 0 Å². The first-order chi connectivity index (χ1) is 7.13. The maximum Gasteiger partial charge on any atom is 0.387 e. The van der Waals surface area contributed by atoms with Gasteiger partial charge in [0.15, 0.2) is 0 Å². The topological polar surface area (TPSA) is 9.23 Å². The van der Waals surface area contributed by atoms with Crippen molar-refractivity contribution in [3.05, 3.63) is 29.6 Å². The smallest absolute Gasteiger partial charge is 0.387 e. The number of hydrogen-bond acceptors (Lipinski definition) is 2. The Morgan fingerprint density at radius 3 is 2.73 bits per heavy atom. The number of rotatable bonds is 2. The molecule has 1 aromatic carbocycles. The van der Waals surface area contributed by atoms with Crippen LogP contribution in [0.15, 0.2) is 18.2 Å².